The first-order valence-corrected chi connectivity index (χ1v) is 5.05. The van der Waals surface area contributed by atoms with E-state index in [1.165, 1.54) is 0 Å². The summed E-state index contributed by atoms with van der Waals surface area (Å²) >= 11 is 0. The number of rotatable bonds is 7. The predicted octanol–water partition coefficient (Wildman–Crippen LogP) is 1.18. The van der Waals surface area contributed by atoms with Crippen LogP contribution in [0.1, 0.15) is 33.6 Å². The maximum atomic E-state index is 9.41. The summed E-state index contributed by atoms with van der Waals surface area (Å²) in [4.78, 5) is 0. The molecule has 0 radical (unpaired) electrons. The highest BCUT2D eigenvalue weighted by atomic mass is 16.5. The van der Waals surface area contributed by atoms with Gasteiger partial charge in [-0.15, -0.1) is 0 Å². The van der Waals surface area contributed by atoms with E-state index >= 15 is 0 Å². The van der Waals surface area contributed by atoms with E-state index in [4.69, 9.17) is 4.74 Å². The molecule has 13 heavy (non-hydrogen) atoms. The van der Waals surface area contributed by atoms with Crippen molar-refractivity contribution in [2.24, 2.45) is 5.92 Å². The number of hydrogen-bond acceptors (Lipinski definition) is 3. The first kappa shape index (κ1) is 12.9. The summed E-state index contributed by atoms with van der Waals surface area (Å²) in [6.45, 7) is 6.79. The second-order valence-electron chi connectivity index (χ2n) is 3.46. The second-order valence-corrected chi connectivity index (χ2v) is 3.46. The lowest BCUT2D eigenvalue weighted by Gasteiger charge is -2.21. The average Bonchev–Trinajstić information content (AvgIpc) is 2.11. The summed E-state index contributed by atoms with van der Waals surface area (Å²) in [5, 5.41) is 18.8. The fraction of sp³-hybridized carbons (Fsp3) is 1.00. The van der Waals surface area contributed by atoms with Gasteiger partial charge in [0.15, 0.2) is 0 Å². The number of ether oxygens (including phenoxy) is 1. The Morgan fingerprint density at radius 3 is 2.23 bits per heavy atom. The molecule has 0 aromatic carbocycles. The van der Waals surface area contributed by atoms with E-state index in [-0.39, 0.29) is 12.0 Å². The minimum Gasteiger partial charge on any atom is -0.393 e. The lowest BCUT2D eigenvalue weighted by atomic mass is 9.96. The zero-order valence-corrected chi connectivity index (χ0v) is 8.86. The lowest BCUT2D eigenvalue weighted by molar-refractivity contribution is 0.0121. The minimum absolute atomic E-state index is 0.0508. The van der Waals surface area contributed by atoms with E-state index in [0.717, 1.165) is 6.42 Å². The minimum atomic E-state index is -0.409. The van der Waals surface area contributed by atoms with Crippen molar-refractivity contribution in [2.75, 3.05) is 13.2 Å². The topological polar surface area (TPSA) is 49.7 Å². The molecule has 3 atom stereocenters. The van der Waals surface area contributed by atoms with E-state index < -0.39 is 6.10 Å². The van der Waals surface area contributed by atoms with Crippen molar-refractivity contribution in [3.63, 3.8) is 0 Å². The van der Waals surface area contributed by atoms with Crippen LogP contribution in [0.25, 0.3) is 0 Å². The van der Waals surface area contributed by atoms with Gasteiger partial charge in [0, 0.05) is 12.5 Å². The highest BCUT2D eigenvalue weighted by Crippen LogP contribution is 2.14. The highest BCUT2D eigenvalue weighted by molar-refractivity contribution is 4.68. The van der Waals surface area contributed by atoms with Crippen molar-refractivity contribution in [1.82, 2.24) is 0 Å². The smallest absolute Gasteiger partial charge is 0.0563 e. The van der Waals surface area contributed by atoms with Crippen molar-refractivity contribution in [3.05, 3.63) is 0 Å². The van der Waals surface area contributed by atoms with Crippen LogP contribution in [-0.4, -0.2) is 35.6 Å². The fourth-order valence-corrected chi connectivity index (χ4v) is 1.19. The molecular weight excluding hydrogens is 168 g/mol. The number of aliphatic hydroxyl groups is 2. The quantitative estimate of drug-likeness (QED) is 0.634. The molecule has 0 aromatic rings. The molecule has 0 aliphatic heterocycles. The number of aliphatic hydroxyl groups excluding tert-OH is 2. The molecule has 0 bridgehead atoms. The van der Waals surface area contributed by atoms with Crippen LogP contribution in [-0.2, 0) is 4.74 Å². The summed E-state index contributed by atoms with van der Waals surface area (Å²) in [7, 11) is 0. The summed E-state index contributed by atoms with van der Waals surface area (Å²) in [6.07, 6.45) is 0.622. The predicted molar refractivity (Wildman–Crippen MR) is 52.6 cm³/mol. The van der Waals surface area contributed by atoms with Crippen LogP contribution in [0.15, 0.2) is 0 Å². The molecule has 0 fully saturated rings. The van der Waals surface area contributed by atoms with Gasteiger partial charge in [0.2, 0.25) is 0 Å². The SMILES string of the molecule is CCOCC(CC(O)CC)C(C)O. The van der Waals surface area contributed by atoms with Crippen LogP contribution >= 0.6 is 0 Å². The summed E-state index contributed by atoms with van der Waals surface area (Å²) in [5.41, 5.74) is 0. The van der Waals surface area contributed by atoms with E-state index in [9.17, 15) is 10.2 Å². The fourth-order valence-electron chi connectivity index (χ4n) is 1.19. The summed E-state index contributed by atoms with van der Waals surface area (Å²) in [6, 6.07) is 0. The van der Waals surface area contributed by atoms with Gasteiger partial charge in [-0.2, -0.15) is 0 Å². The van der Waals surface area contributed by atoms with E-state index in [1.54, 1.807) is 6.92 Å². The maximum Gasteiger partial charge on any atom is 0.0563 e. The van der Waals surface area contributed by atoms with Gasteiger partial charge in [-0.1, -0.05) is 6.92 Å². The Hall–Kier alpha value is -0.120. The van der Waals surface area contributed by atoms with E-state index in [0.29, 0.717) is 19.6 Å². The number of hydrogen-bond donors (Lipinski definition) is 2. The van der Waals surface area contributed by atoms with E-state index in [1.807, 2.05) is 13.8 Å². The Bertz CT molecular complexity index is 115. The van der Waals surface area contributed by atoms with Crippen LogP contribution in [0.2, 0.25) is 0 Å². The largest absolute Gasteiger partial charge is 0.393 e. The molecule has 0 aliphatic carbocycles. The third-order valence-corrected chi connectivity index (χ3v) is 2.26. The molecule has 0 aromatic heterocycles. The Morgan fingerprint density at radius 2 is 1.85 bits per heavy atom. The molecule has 2 N–H and O–H groups in total. The average molecular weight is 190 g/mol. The Balaban J connectivity index is 3.79. The molecule has 0 amide bonds. The van der Waals surface area contributed by atoms with Gasteiger partial charge in [0.05, 0.1) is 18.8 Å². The molecule has 0 saturated carbocycles. The van der Waals surface area contributed by atoms with Gasteiger partial charge < -0.3 is 14.9 Å². The summed E-state index contributed by atoms with van der Waals surface area (Å²) in [5.74, 6) is 0.0508. The maximum absolute atomic E-state index is 9.41. The van der Waals surface area contributed by atoms with Gasteiger partial charge in [-0.05, 0) is 26.7 Å². The third-order valence-electron chi connectivity index (χ3n) is 2.26. The zero-order chi connectivity index (χ0) is 10.3. The van der Waals surface area contributed by atoms with Crippen LogP contribution in [0, 0.1) is 5.92 Å². The highest BCUT2D eigenvalue weighted by Gasteiger charge is 2.18. The first-order valence-electron chi connectivity index (χ1n) is 5.05. The zero-order valence-electron chi connectivity index (χ0n) is 8.86. The molecular formula is C10H22O3. The first-order chi connectivity index (χ1) is 6.11. The van der Waals surface area contributed by atoms with Crippen LogP contribution in [0.3, 0.4) is 0 Å². The molecule has 0 saturated heterocycles. The van der Waals surface area contributed by atoms with Crippen molar-refractivity contribution in [3.8, 4) is 0 Å². The van der Waals surface area contributed by atoms with Crippen LogP contribution in [0.4, 0.5) is 0 Å². The molecule has 0 rings (SSSR count). The van der Waals surface area contributed by atoms with Crippen molar-refractivity contribution in [2.45, 2.75) is 45.8 Å². The molecule has 3 unspecified atom stereocenters. The van der Waals surface area contributed by atoms with Crippen molar-refractivity contribution in [1.29, 1.82) is 0 Å². The van der Waals surface area contributed by atoms with Gasteiger partial charge in [-0.3, -0.25) is 0 Å². The molecule has 0 heterocycles. The molecule has 80 valence electrons. The van der Waals surface area contributed by atoms with Crippen LogP contribution in [0.5, 0.6) is 0 Å². The van der Waals surface area contributed by atoms with Gasteiger partial charge in [0.25, 0.3) is 0 Å². The second kappa shape index (κ2) is 7.30. The molecule has 3 heteroatoms. The molecule has 3 nitrogen and oxygen atoms in total. The Morgan fingerprint density at radius 1 is 1.23 bits per heavy atom. The molecule has 0 spiro atoms. The van der Waals surface area contributed by atoms with E-state index in [2.05, 4.69) is 0 Å². The third kappa shape index (κ3) is 6.02. The Labute approximate surface area is 80.7 Å². The monoisotopic (exact) mass is 190 g/mol. The van der Waals surface area contributed by atoms with Gasteiger partial charge in [0.1, 0.15) is 0 Å². The Kier molecular flexibility index (Phi) is 7.23. The molecule has 0 aliphatic rings. The van der Waals surface area contributed by atoms with Crippen molar-refractivity contribution < 1.29 is 14.9 Å². The summed E-state index contributed by atoms with van der Waals surface area (Å²) < 4.78 is 5.23. The van der Waals surface area contributed by atoms with Gasteiger partial charge in [-0.25, -0.2) is 0 Å². The normalized spacial score (nSPS) is 18.2. The lowest BCUT2D eigenvalue weighted by Crippen LogP contribution is -2.26. The standard InChI is InChI=1S/C10H22O3/c1-4-10(12)6-9(8(3)11)7-13-5-2/h8-12H,4-7H2,1-3H3. The van der Waals surface area contributed by atoms with Crippen LogP contribution < -0.4 is 0 Å². The van der Waals surface area contributed by atoms with Crippen molar-refractivity contribution >= 4 is 0 Å². The van der Waals surface area contributed by atoms with Gasteiger partial charge >= 0.3 is 0 Å².